The maximum absolute atomic E-state index is 12.4. The number of fused-ring (bicyclic) bond motifs is 3. The number of aliphatic carboxylic acids is 1. The van der Waals surface area contributed by atoms with Gasteiger partial charge < -0.3 is 20.5 Å². The summed E-state index contributed by atoms with van der Waals surface area (Å²) in [5, 5.41) is 14.8. The molecular weight excluding hydrogens is 444 g/mol. The lowest BCUT2D eigenvalue weighted by Crippen LogP contribution is -2.45. The summed E-state index contributed by atoms with van der Waals surface area (Å²) in [6, 6.07) is 15.8. The van der Waals surface area contributed by atoms with Crippen LogP contribution in [0.1, 0.15) is 70.4 Å². The van der Waals surface area contributed by atoms with Crippen LogP contribution in [0.5, 0.6) is 0 Å². The fourth-order valence-corrected chi connectivity index (χ4v) is 4.50. The van der Waals surface area contributed by atoms with Gasteiger partial charge in [-0.3, -0.25) is 9.59 Å². The molecule has 2 aromatic rings. The Bertz CT molecular complexity index is 1010. The SMILES string of the molecule is CC(CCCC(=O)NC(CC(=O)O)C(C)(C)C)NC(=O)OCC1c2ccccc2-c2ccccc21. The third kappa shape index (κ3) is 7.07. The van der Waals surface area contributed by atoms with Crippen LogP contribution < -0.4 is 10.6 Å². The zero-order chi connectivity index (χ0) is 25.6. The average Bonchev–Trinajstić information content (AvgIpc) is 3.10. The summed E-state index contributed by atoms with van der Waals surface area (Å²) >= 11 is 0. The van der Waals surface area contributed by atoms with E-state index in [4.69, 9.17) is 9.84 Å². The van der Waals surface area contributed by atoms with Crippen LogP contribution in [0.3, 0.4) is 0 Å². The predicted molar refractivity (Wildman–Crippen MR) is 135 cm³/mol. The molecule has 35 heavy (non-hydrogen) atoms. The minimum absolute atomic E-state index is 0.00807. The van der Waals surface area contributed by atoms with Crippen molar-refractivity contribution in [3.05, 3.63) is 59.7 Å². The topological polar surface area (TPSA) is 105 Å². The molecule has 2 aromatic carbocycles. The van der Waals surface area contributed by atoms with Crippen molar-refractivity contribution < 1.29 is 24.2 Å². The Morgan fingerprint density at radius 1 is 0.971 bits per heavy atom. The second-order valence-corrected chi connectivity index (χ2v) is 10.3. The van der Waals surface area contributed by atoms with E-state index in [0.29, 0.717) is 12.8 Å². The van der Waals surface area contributed by atoms with E-state index in [2.05, 4.69) is 34.9 Å². The standard InChI is InChI=1S/C28H36N2O5/c1-18(10-9-15-25(31)30-24(16-26(32)33)28(2,3)4)29-27(34)35-17-23-21-13-7-5-11-19(21)20-12-6-8-14-22(20)23/h5-8,11-14,18,23-24H,9-10,15-17H2,1-4H3,(H,29,34)(H,30,31)(H,32,33). The first-order valence-electron chi connectivity index (χ1n) is 12.2. The number of carboxylic acids is 1. The van der Waals surface area contributed by atoms with E-state index in [-0.39, 0.29) is 42.7 Å². The van der Waals surface area contributed by atoms with Crippen LogP contribution >= 0.6 is 0 Å². The van der Waals surface area contributed by atoms with Gasteiger partial charge >= 0.3 is 12.1 Å². The number of amides is 2. The number of hydrogen-bond acceptors (Lipinski definition) is 4. The van der Waals surface area contributed by atoms with Gasteiger partial charge in [-0.2, -0.15) is 0 Å². The van der Waals surface area contributed by atoms with Crippen LogP contribution in [0, 0.1) is 5.41 Å². The lowest BCUT2D eigenvalue weighted by Gasteiger charge is -2.30. The van der Waals surface area contributed by atoms with Crippen LogP contribution in [0.25, 0.3) is 11.1 Å². The van der Waals surface area contributed by atoms with E-state index in [0.717, 1.165) is 11.1 Å². The molecule has 188 valence electrons. The van der Waals surface area contributed by atoms with Crippen LogP contribution in [-0.2, 0) is 14.3 Å². The van der Waals surface area contributed by atoms with Crippen molar-refractivity contribution in [3.8, 4) is 11.1 Å². The maximum atomic E-state index is 12.4. The highest BCUT2D eigenvalue weighted by molar-refractivity contribution is 5.79. The molecule has 1 aliphatic rings. The molecule has 2 atom stereocenters. The Morgan fingerprint density at radius 2 is 1.54 bits per heavy atom. The second kappa shape index (κ2) is 11.4. The molecule has 0 fully saturated rings. The zero-order valence-electron chi connectivity index (χ0n) is 21.0. The van der Waals surface area contributed by atoms with Crippen LogP contribution in [-0.4, -0.2) is 41.8 Å². The molecule has 1 aliphatic carbocycles. The summed E-state index contributed by atoms with van der Waals surface area (Å²) in [4.78, 5) is 35.8. The summed E-state index contributed by atoms with van der Waals surface area (Å²) < 4.78 is 5.58. The number of rotatable bonds is 10. The monoisotopic (exact) mass is 480 g/mol. The highest BCUT2D eigenvalue weighted by atomic mass is 16.5. The van der Waals surface area contributed by atoms with Gasteiger partial charge in [0.1, 0.15) is 6.61 Å². The second-order valence-electron chi connectivity index (χ2n) is 10.3. The Hall–Kier alpha value is -3.35. The van der Waals surface area contributed by atoms with Crippen LogP contribution in [0.2, 0.25) is 0 Å². The fraction of sp³-hybridized carbons (Fsp3) is 0.464. The number of hydrogen-bond donors (Lipinski definition) is 3. The van der Waals surface area contributed by atoms with Crippen LogP contribution in [0.15, 0.2) is 48.5 Å². The molecule has 3 N–H and O–H groups in total. The van der Waals surface area contributed by atoms with Gasteiger partial charge in [-0.15, -0.1) is 0 Å². The van der Waals surface area contributed by atoms with Gasteiger partial charge in [-0.1, -0.05) is 69.3 Å². The van der Waals surface area contributed by atoms with E-state index in [1.165, 1.54) is 11.1 Å². The smallest absolute Gasteiger partial charge is 0.407 e. The van der Waals surface area contributed by atoms with Crippen molar-refractivity contribution in [2.45, 2.75) is 71.4 Å². The summed E-state index contributed by atoms with van der Waals surface area (Å²) in [6.45, 7) is 7.85. The number of carbonyl (C=O) groups is 3. The summed E-state index contributed by atoms with van der Waals surface area (Å²) in [7, 11) is 0. The molecule has 3 rings (SSSR count). The third-order valence-electron chi connectivity index (χ3n) is 6.51. The summed E-state index contributed by atoms with van der Waals surface area (Å²) in [5.74, 6) is -1.11. The number of nitrogens with one attached hydrogen (secondary N) is 2. The van der Waals surface area contributed by atoms with Crippen molar-refractivity contribution in [1.29, 1.82) is 0 Å². The lowest BCUT2D eigenvalue weighted by atomic mass is 9.84. The summed E-state index contributed by atoms with van der Waals surface area (Å²) in [5.41, 5.74) is 4.34. The molecule has 0 aromatic heterocycles. The first kappa shape index (κ1) is 26.3. The molecule has 0 spiro atoms. The largest absolute Gasteiger partial charge is 0.481 e. The molecule has 0 saturated carbocycles. The maximum Gasteiger partial charge on any atom is 0.407 e. The number of carbonyl (C=O) groups excluding carboxylic acids is 2. The molecule has 7 heteroatoms. The van der Waals surface area contributed by atoms with Gasteiger partial charge in [0.2, 0.25) is 5.91 Å². The minimum Gasteiger partial charge on any atom is -0.481 e. The predicted octanol–water partition coefficient (Wildman–Crippen LogP) is 5.09. The van der Waals surface area contributed by atoms with Gasteiger partial charge in [0.15, 0.2) is 0 Å². The van der Waals surface area contributed by atoms with Gasteiger partial charge in [0.25, 0.3) is 0 Å². The molecule has 0 saturated heterocycles. The van der Waals surface area contributed by atoms with Gasteiger partial charge in [-0.25, -0.2) is 4.79 Å². The number of ether oxygens (including phenoxy) is 1. The van der Waals surface area contributed by atoms with E-state index in [1.54, 1.807) is 0 Å². The van der Waals surface area contributed by atoms with Crippen molar-refractivity contribution in [2.75, 3.05) is 6.61 Å². The quantitative estimate of drug-likeness (QED) is 0.439. The van der Waals surface area contributed by atoms with Gasteiger partial charge in [0.05, 0.1) is 6.42 Å². The fourth-order valence-electron chi connectivity index (χ4n) is 4.50. The molecule has 2 unspecified atom stereocenters. The van der Waals surface area contributed by atoms with E-state index < -0.39 is 18.1 Å². The summed E-state index contributed by atoms with van der Waals surface area (Å²) in [6.07, 6.45) is 0.855. The third-order valence-corrected chi connectivity index (χ3v) is 6.51. The highest BCUT2D eigenvalue weighted by Crippen LogP contribution is 2.44. The molecule has 7 nitrogen and oxygen atoms in total. The Balaban J connectivity index is 1.43. The van der Waals surface area contributed by atoms with Crippen molar-refractivity contribution >= 4 is 18.0 Å². The first-order chi connectivity index (χ1) is 16.6. The highest BCUT2D eigenvalue weighted by Gasteiger charge is 2.30. The van der Waals surface area contributed by atoms with E-state index >= 15 is 0 Å². The minimum atomic E-state index is -0.939. The molecule has 0 radical (unpaired) electrons. The normalized spacial score (nSPS) is 14.4. The van der Waals surface area contributed by atoms with Gasteiger partial charge in [0, 0.05) is 24.4 Å². The Labute approximate surface area is 207 Å². The molecule has 0 bridgehead atoms. The van der Waals surface area contributed by atoms with Crippen molar-refractivity contribution in [2.24, 2.45) is 5.41 Å². The van der Waals surface area contributed by atoms with Crippen molar-refractivity contribution in [1.82, 2.24) is 10.6 Å². The Morgan fingerprint density at radius 3 is 2.09 bits per heavy atom. The molecular formula is C28H36N2O5. The number of alkyl carbamates (subject to hydrolysis) is 1. The first-order valence-corrected chi connectivity index (χ1v) is 12.2. The Kier molecular flexibility index (Phi) is 8.54. The lowest BCUT2D eigenvalue weighted by molar-refractivity contribution is -0.138. The van der Waals surface area contributed by atoms with E-state index in [1.807, 2.05) is 52.0 Å². The van der Waals surface area contributed by atoms with E-state index in [9.17, 15) is 14.4 Å². The van der Waals surface area contributed by atoms with Gasteiger partial charge in [-0.05, 0) is 47.4 Å². The van der Waals surface area contributed by atoms with Crippen LogP contribution in [0.4, 0.5) is 4.79 Å². The molecule has 0 aliphatic heterocycles. The zero-order valence-corrected chi connectivity index (χ0v) is 21.0. The average molecular weight is 481 g/mol. The molecule has 0 heterocycles. The number of carboxylic acid groups (broad SMARTS) is 1. The van der Waals surface area contributed by atoms with Crippen molar-refractivity contribution in [3.63, 3.8) is 0 Å². The number of benzene rings is 2. The molecule has 2 amide bonds.